The summed E-state index contributed by atoms with van der Waals surface area (Å²) in [5.74, 6) is 0.399. The third-order valence-electron chi connectivity index (χ3n) is 7.38. The maximum Gasteiger partial charge on any atom is 0.333 e. The number of hydrogen-bond donors (Lipinski definition) is 1. The predicted molar refractivity (Wildman–Crippen MR) is 99.1 cm³/mol. The van der Waals surface area contributed by atoms with Crippen LogP contribution in [0.5, 0.6) is 0 Å². The Kier molecular flexibility index (Phi) is 4.80. The van der Waals surface area contributed by atoms with Gasteiger partial charge in [-0.05, 0) is 62.9 Å². The Hall–Kier alpha value is -1.62. The van der Waals surface area contributed by atoms with Crippen molar-refractivity contribution in [1.82, 2.24) is 5.32 Å². The van der Waals surface area contributed by atoms with Crippen molar-refractivity contribution in [2.24, 2.45) is 17.3 Å². The molecule has 1 aliphatic heterocycles. The largest absolute Gasteiger partial charge is 0.459 e. The first-order valence-corrected chi connectivity index (χ1v) is 9.60. The summed E-state index contributed by atoms with van der Waals surface area (Å²) in [6.45, 7) is 10.00. The van der Waals surface area contributed by atoms with Crippen LogP contribution in [0.3, 0.4) is 0 Å². The zero-order valence-corrected chi connectivity index (χ0v) is 16.8. The number of allylic oxidation sites excluding steroid dienone is 1. The molecule has 0 aromatic carbocycles. The Labute approximate surface area is 156 Å². The Morgan fingerprint density at radius 2 is 2.04 bits per heavy atom. The third-order valence-corrected chi connectivity index (χ3v) is 7.38. The van der Waals surface area contributed by atoms with E-state index in [0.29, 0.717) is 11.5 Å². The lowest BCUT2D eigenvalue weighted by Gasteiger charge is -2.56. The number of ether oxygens (including phenoxy) is 2. The SMILES string of the molecule is C/C=C(\C)C(=O)O[C@H]1CC[C@@H]2C[C@]3(OC)NC(=O)C(C)=C3C[C@]2(C)[C@H]1C. The lowest BCUT2D eigenvalue weighted by atomic mass is 9.52. The number of amides is 1. The van der Waals surface area contributed by atoms with Crippen molar-refractivity contribution in [2.75, 3.05) is 7.11 Å². The standard InChI is InChI=1S/C21H31NO4/c1-7-12(2)19(24)26-17-9-8-15-10-21(25-6)16(13(3)18(23)22-21)11-20(15,5)14(17)4/h7,14-15,17H,8-11H2,1-6H3,(H,22,23)/b12-7+/t14-,15+,17-,20+,21+/m0/s1. The Morgan fingerprint density at radius 1 is 1.35 bits per heavy atom. The van der Waals surface area contributed by atoms with Crippen LogP contribution < -0.4 is 5.32 Å². The van der Waals surface area contributed by atoms with Crippen molar-refractivity contribution in [3.8, 4) is 0 Å². The summed E-state index contributed by atoms with van der Waals surface area (Å²) in [6.07, 6.45) is 5.12. The van der Waals surface area contributed by atoms with Crippen molar-refractivity contribution in [3.63, 3.8) is 0 Å². The number of esters is 1. The Balaban J connectivity index is 1.87. The molecule has 1 heterocycles. The number of hydrogen-bond acceptors (Lipinski definition) is 4. The van der Waals surface area contributed by atoms with Gasteiger partial charge >= 0.3 is 5.97 Å². The van der Waals surface area contributed by atoms with Gasteiger partial charge in [-0.1, -0.05) is 19.9 Å². The van der Waals surface area contributed by atoms with Crippen molar-refractivity contribution < 1.29 is 19.1 Å². The van der Waals surface area contributed by atoms with Gasteiger partial charge in [0.1, 0.15) is 6.10 Å². The molecule has 0 aromatic heterocycles. The van der Waals surface area contributed by atoms with Crippen LogP contribution in [-0.2, 0) is 19.1 Å². The fraction of sp³-hybridized carbons (Fsp3) is 0.714. The monoisotopic (exact) mass is 361 g/mol. The second-order valence-electron chi connectivity index (χ2n) is 8.45. The minimum Gasteiger partial charge on any atom is -0.459 e. The van der Waals surface area contributed by atoms with Crippen molar-refractivity contribution in [1.29, 1.82) is 0 Å². The smallest absolute Gasteiger partial charge is 0.333 e. The quantitative estimate of drug-likeness (QED) is 0.617. The highest BCUT2D eigenvalue weighted by atomic mass is 16.5. The molecule has 5 atom stereocenters. The van der Waals surface area contributed by atoms with Gasteiger partial charge in [0.05, 0.1) is 0 Å². The lowest BCUT2D eigenvalue weighted by molar-refractivity contribution is -0.163. The van der Waals surface area contributed by atoms with Crippen molar-refractivity contribution in [2.45, 2.75) is 72.1 Å². The van der Waals surface area contributed by atoms with E-state index in [9.17, 15) is 9.59 Å². The number of fused-ring (bicyclic) bond motifs is 2. The molecule has 1 N–H and O–H groups in total. The molecule has 0 bridgehead atoms. The minimum atomic E-state index is -0.643. The molecule has 5 heteroatoms. The molecule has 0 spiro atoms. The van der Waals surface area contributed by atoms with E-state index in [1.165, 1.54) is 0 Å². The molecule has 144 valence electrons. The summed E-state index contributed by atoms with van der Waals surface area (Å²) in [5, 5.41) is 3.07. The van der Waals surface area contributed by atoms with Gasteiger partial charge in [0.25, 0.3) is 0 Å². The fourth-order valence-electron chi connectivity index (χ4n) is 5.12. The highest BCUT2D eigenvalue weighted by molar-refractivity contribution is 5.97. The van der Waals surface area contributed by atoms with E-state index in [1.807, 2.05) is 13.8 Å². The van der Waals surface area contributed by atoms with Crippen LogP contribution in [0.1, 0.15) is 60.3 Å². The molecule has 2 saturated carbocycles. The van der Waals surface area contributed by atoms with E-state index in [1.54, 1.807) is 20.1 Å². The summed E-state index contributed by atoms with van der Waals surface area (Å²) in [5.41, 5.74) is 1.85. The van der Waals surface area contributed by atoms with Crippen LogP contribution in [0.2, 0.25) is 0 Å². The molecule has 0 unspecified atom stereocenters. The van der Waals surface area contributed by atoms with Crippen molar-refractivity contribution in [3.05, 3.63) is 22.8 Å². The molecular weight excluding hydrogens is 330 g/mol. The van der Waals surface area contributed by atoms with Gasteiger partial charge in [-0.2, -0.15) is 0 Å². The molecule has 0 aromatic rings. The number of carbonyl (C=O) groups is 2. The van der Waals surface area contributed by atoms with Gasteiger partial charge in [-0.3, -0.25) is 4.79 Å². The van der Waals surface area contributed by atoms with Crippen molar-refractivity contribution >= 4 is 11.9 Å². The van der Waals surface area contributed by atoms with Gasteiger partial charge in [0, 0.05) is 24.7 Å². The second kappa shape index (κ2) is 6.52. The maximum atomic E-state index is 12.3. The van der Waals surface area contributed by atoms with Gasteiger partial charge in [0.15, 0.2) is 5.72 Å². The zero-order chi connectivity index (χ0) is 19.3. The van der Waals surface area contributed by atoms with Crippen LogP contribution in [0.25, 0.3) is 0 Å². The van der Waals surface area contributed by atoms with Crippen LogP contribution in [-0.4, -0.2) is 30.8 Å². The van der Waals surface area contributed by atoms with E-state index in [4.69, 9.17) is 9.47 Å². The van der Waals surface area contributed by atoms with Crippen LogP contribution in [0.4, 0.5) is 0 Å². The van der Waals surface area contributed by atoms with E-state index in [2.05, 4.69) is 19.2 Å². The minimum absolute atomic E-state index is 0.0159. The van der Waals surface area contributed by atoms with Crippen LogP contribution in [0, 0.1) is 17.3 Å². The number of carbonyl (C=O) groups excluding carboxylic acids is 2. The Morgan fingerprint density at radius 3 is 2.65 bits per heavy atom. The highest BCUT2D eigenvalue weighted by Crippen LogP contribution is 2.59. The maximum absolute atomic E-state index is 12.3. The number of methoxy groups -OCH3 is 1. The first-order chi connectivity index (χ1) is 12.2. The second-order valence-corrected chi connectivity index (χ2v) is 8.45. The van der Waals surface area contributed by atoms with Gasteiger partial charge < -0.3 is 14.8 Å². The molecule has 3 rings (SSSR count). The number of rotatable bonds is 3. The molecule has 2 fully saturated rings. The molecule has 5 nitrogen and oxygen atoms in total. The summed E-state index contributed by atoms with van der Waals surface area (Å²) < 4.78 is 11.7. The normalized spacial score (nSPS) is 40.0. The van der Waals surface area contributed by atoms with Gasteiger partial charge in [0.2, 0.25) is 5.91 Å². The topological polar surface area (TPSA) is 64.6 Å². The lowest BCUT2D eigenvalue weighted by Crippen LogP contribution is -2.58. The summed E-state index contributed by atoms with van der Waals surface area (Å²) in [6, 6.07) is 0. The average Bonchev–Trinajstić information content (AvgIpc) is 2.86. The molecule has 0 saturated heterocycles. The summed E-state index contributed by atoms with van der Waals surface area (Å²) in [7, 11) is 1.68. The number of nitrogens with one attached hydrogen (secondary N) is 1. The average molecular weight is 361 g/mol. The molecule has 26 heavy (non-hydrogen) atoms. The molecule has 1 amide bonds. The van der Waals surface area contributed by atoms with E-state index in [-0.39, 0.29) is 29.3 Å². The summed E-state index contributed by atoms with van der Waals surface area (Å²) >= 11 is 0. The fourth-order valence-corrected chi connectivity index (χ4v) is 5.12. The predicted octanol–water partition coefficient (Wildman–Crippen LogP) is 3.50. The first-order valence-electron chi connectivity index (χ1n) is 9.60. The van der Waals surface area contributed by atoms with Crippen LogP contribution >= 0.6 is 0 Å². The molecule has 3 aliphatic rings. The molecule has 2 aliphatic carbocycles. The van der Waals surface area contributed by atoms with E-state index < -0.39 is 5.72 Å². The Bertz CT molecular complexity index is 694. The summed E-state index contributed by atoms with van der Waals surface area (Å²) in [4.78, 5) is 24.5. The van der Waals surface area contributed by atoms with Crippen LogP contribution in [0.15, 0.2) is 22.8 Å². The van der Waals surface area contributed by atoms with Gasteiger partial charge in [-0.25, -0.2) is 4.79 Å². The highest BCUT2D eigenvalue weighted by Gasteiger charge is 2.58. The zero-order valence-electron chi connectivity index (χ0n) is 16.8. The van der Waals surface area contributed by atoms with E-state index >= 15 is 0 Å². The third kappa shape index (κ3) is 2.72. The van der Waals surface area contributed by atoms with E-state index in [0.717, 1.165) is 36.8 Å². The first kappa shape index (κ1) is 19.2. The van der Waals surface area contributed by atoms with Gasteiger partial charge in [-0.15, -0.1) is 0 Å². The molecular formula is C21H31NO4. The molecule has 0 radical (unpaired) electrons.